The van der Waals surface area contributed by atoms with Crippen molar-refractivity contribution in [2.24, 2.45) is 0 Å². The fourth-order valence-corrected chi connectivity index (χ4v) is 3.19. The van der Waals surface area contributed by atoms with Crippen molar-refractivity contribution in [3.05, 3.63) is 18.2 Å². The SMILES string of the molecule is COc1ccc(S(=O)(=O)C(C)CC(C)=O)cc1OC. The van der Waals surface area contributed by atoms with E-state index in [2.05, 4.69) is 0 Å². The quantitative estimate of drug-likeness (QED) is 0.798. The van der Waals surface area contributed by atoms with Crippen LogP contribution in [0.3, 0.4) is 0 Å². The first kappa shape index (κ1) is 15.5. The molecule has 0 bridgehead atoms. The minimum atomic E-state index is -3.55. The molecule has 0 aliphatic rings. The van der Waals surface area contributed by atoms with Crippen LogP contribution in [0.1, 0.15) is 20.3 Å². The van der Waals surface area contributed by atoms with Crippen LogP contribution in [0.25, 0.3) is 0 Å². The normalized spacial score (nSPS) is 12.8. The molecule has 0 amide bonds. The third-order valence-corrected chi connectivity index (χ3v) is 4.93. The zero-order chi connectivity index (χ0) is 14.6. The second-order valence-electron chi connectivity index (χ2n) is 4.28. The number of Topliss-reactive ketones (excluding diaryl/α,β-unsaturated/α-hetero) is 1. The molecule has 19 heavy (non-hydrogen) atoms. The van der Waals surface area contributed by atoms with Gasteiger partial charge in [0.15, 0.2) is 21.3 Å². The van der Waals surface area contributed by atoms with Crippen LogP contribution in [0.5, 0.6) is 11.5 Å². The molecule has 1 aromatic carbocycles. The van der Waals surface area contributed by atoms with Gasteiger partial charge in [-0.25, -0.2) is 8.42 Å². The highest BCUT2D eigenvalue weighted by atomic mass is 32.2. The van der Waals surface area contributed by atoms with Crippen molar-refractivity contribution in [2.45, 2.75) is 30.4 Å². The minimum Gasteiger partial charge on any atom is -0.493 e. The highest BCUT2D eigenvalue weighted by molar-refractivity contribution is 7.92. The molecule has 0 radical (unpaired) electrons. The molecule has 0 aliphatic carbocycles. The Morgan fingerprint density at radius 1 is 1.21 bits per heavy atom. The van der Waals surface area contributed by atoms with E-state index in [-0.39, 0.29) is 17.1 Å². The van der Waals surface area contributed by atoms with Crippen LogP contribution < -0.4 is 9.47 Å². The van der Waals surface area contributed by atoms with Gasteiger partial charge < -0.3 is 9.47 Å². The number of carbonyl (C=O) groups excluding carboxylic acids is 1. The molecular weight excluding hydrogens is 268 g/mol. The monoisotopic (exact) mass is 286 g/mol. The van der Waals surface area contributed by atoms with E-state index in [9.17, 15) is 13.2 Å². The Bertz CT molecular complexity index is 562. The Hall–Kier alpha value is -1.56. The van der Waals surface area contributed by atoms with Gasteiger partial charge in [0.2, 0.25) is 0 Å². The summed E-state index contributed by atoms with van der Waals surface area (Å²) in [5, 5.41) is -0.761. The van der Waals surface area contributed by atoms with Gasteiger partial charge in [0.25, 0.3) is 0 Å². The molecule has 0 spiro atoms. The Balaban J connectivity index is 3.18. The van der Waals surface area contributed by atoms with E-state index in [1.807, 2.05) is 0 Å². The third-order valence-electron chi connectivity index (χ3n) is 2.79. The highest BCUT2D eigenvalue weighted by Gasteiger charge is 2.25. The fraction of sp³-hybridized carbons (Fsp3) is 0.462. The molecular formula is C13H18O5S. The predicted octanol–water partition coefficient (Wildman–Crippen LogP) is 1.85. The molecule has 0 saturated heterocycles. The van der Waals surface area contributed by atoms with Gasteiger partial charge in [0.1, 0.15) is 5.78 Å². The largest absolute Gasteiger partial charge is 0.493 e. The van der Waals surface area contributed by atoms with Gasteiger partial charge in [-0.1, -0.05) is 0 Å². The lowest BCUT2D eigenvalue weighted by Crippen LogP contribution is -2.20. The van der Waals surface area contributed by atoms with Crippen LogP contribution in [0.15, 0.2) is 23.1 Å². The van der Waals surface area contributed by atoms with Crippen molar-refractivity contribution in [3.63, 3.8) is 0 Å². The minimum absolute atomic E-state index is 0.00330. The average Bonchev–Trinajstić information content (AvgIpc) is 2.36. The molecule has 0 N–H and O–H groups in total. The van der Waals surface area contributed by atoms with E-state index in [1.165, 1.54) is 46.3 Å². The van der Waals surface area contributed by atoms with Crippen molar-refractivity contribution >= 4 is 15.6 Å². The lowest BCUT2D eigenvalue weighted by molar-refractivity contribution is -0.116. The van der Waals surface area contributed by atoms with Gasteiger partial charge in [0, 0.05) is 12.5 Å². The molecule has 5 nitrogen and oxygen atoms in total. The van der Waals surface area contributed by atoms with Crippen LogP contribution in [0, 0.1) is 0 Å². The zero-order valence-electron chi connectivity index (χ0n) is 11.5. The van der Waals surface area contributed by atoms with E-state index in [1.54, 1.807) is 0 Å². The molecule has 0 fully saturated rings. The van der Waals surface area contributed by atoms with Crippen molar-refractivity contribution in [2.75, 3.05) is 14.2 Å². The summed E-state index contributed by atoms with van der Waals surface area (Å²) >= 11 is 0. The molecule has 0 aromatic heterocycles. The summed E-state index contributed by atoms with van der Waals surface area (Å²) in [4.78, 5) is 11.2. The van der Waals surface area contributed by atoms with Crippen LogP contribution in [0.4, 0.5) is 0 Å². The Labute approximate surface area is 113 Å². The first-order valence-electron chi connectivity index (χ1n) is 5.78. The van der Waals surface area contributed by atoms with Crippen LogP contribution in [-0.4, -0.2) is 33.7 Å². The predicted molar refractivity (Wildman–Crippen MR) is 71.5 cm³/mol. The molecule has 106 valence electrons. The average molecular weight is 286 g/mol. The number of methoxy groups -OCH3 is 2. The first-order valence-corrected chi connectivity index (χ1v) is 7.33. The number of ether oxygens (including phenoxy) is 2. The second kappa shape index (κ2) is 6.06. The fourth-order valence-electron chi connectivity index (χ4n) is 1.74. The summed E-state index contributed by atoms with van der Waals surface area (Å²) in [7, 11) is -0.634. The van der Waals surface area contributed by atoms with E-state index in [0.29, 0.717) is 11.5 Å². The van der Waals surface area contributed by atoms with Gasteiger partial charge in [-0.15, -0.1) is 0 Å². The van der Waals surface area contributed by atoms with E-state index in [0.717, 1.165) is 0 Å². The van der Waals surface area contributed by atoms with Crippen molar-refractivity contribution in [1.82, 2.24) is 0 Å². The summed E-state index contributed by atoms with van der Waals surface area (Å²) in [6, 6.07) is 4.39. The second-order valence-corrected chi connectivity index (χ2v) is 6.64. The summed E-state index contributed by atoms with van der Waals surface area (Å²) in [6.45, 7) is 2.90. The van der Waals surface area contributed by atoms with Gasteiger partial charge in [-0.2, -0.15) is 0 Å². The highest BCUT2D eigenvalue weighted by Crippen LogP contribution is 2.31. The number of carbonyl (C=O) groups is 1. The molecule has 0 aliphatic heterocycles. The summed E-state index contributed by atoms with van der Waals surface area (Å²) in [5.74, 6) is 0.649. The number of hydrogen-bond donors (Lipinski definition) is 0. The summed E-state index contributed by atoms with van der Waals surface area (Å²) in [6.07, 6.45) is -0.00330. The van der Waals surface area contributed by atoms with Crippen LogP contribution in [0.2, 0.25) is 0 Å². The maximum atomic E-state index is 12.3. The lowest BCUT2D eigenvalue weighted by Gasteiger charge is -2.13. The van der Waals surface area contributed by atoms with Gasteiger partial charge >= 0.3 is 0 Å². The van der Waals surface area contributed by atoms with Crippen LogP contribution in [-0.2, 0) is 14.6 Å². The molecule has 6 heteroatoms. The van der Waals surface area contributed by atoms with Crippen molar-refractivity contribution in [3.8, 4) is 11.5 Å². The number of sulfone groups is 1. The summed E-state index contributed by atoms with van der Waals surface area (Å²) in [5.41, 5.74) is 0. The maximum Gasteiger partial charge on any atom is 0.181 e. The number of benzene rings is 1. The first-order chi connectivity index (χ1) is 8.82. The van der Waals surface area contributed by atoms with Gasteiger partial charge in [-0.3, -0.25) is 4.79 Å². The molecule has 0 saturated carbocycles. The molecule has 1 aromatic rings. The lowest BCUT2D eigenvalue weighted by atomic mass is 10.2. The smallest absolute Gasteiger partial charge is 0.181 e. The Morgan fingerprint density at radius 3 is 2.26 bits per heavy atom. The number of ketones is 1. The molecule has 1 atom stereocenters. The van der Waals surface area contributed by atoms with Crippen molar-refractivity contribution < 1.29 is 22.7 Å². The van der Waals surface area contributed by atoms with Crippen molar-refractivity contribution in [1.29, 1.82) is 0 Å². The van der Waals surface area contributed by atoms with Gasteiger partial charge in [-0.05, 0) is 26.0 Å². The zero-order valence-corrected chi connectivity index (χ0v) is 12.3. The Morgan fingerprint density at radius 2 is 1.79 bits per heavy atom. The molecule has 0 heterocycles. The maximum absolute atomic E-state index is 12.3. The molecule has 1 rings (SSSR count). The Kier molecular flexibility index (Phi) is 4.94. The van der Waals surface area contributed by atoms with E-state index < -0.39 is 15.1 Å². The number of rotatable bonds is 6. The standard InChI is InChI=1S/C13H18O5S/c1-9(14)7-10(2)19(15,16)11-5-6-12(17-3)13(8-11)18-4/h5-6,8,10H,7H2,1-4H3. The van der Waals surface area contributed by atoms with E-state index >= 15 is 0 Å². The summed E-state index contributed by atoms with van der Waals surface area (Å²) < 4.78 is 34.7. The van der Waals surface area contributed by atoms with Gasteiger partial charge in [0.05, 0.1) is 24.4 Å². The van der Waals surface area contributed by atoms with E-state index in [4.69, 9.17) is 9.47 Å². The third kappa shape index (κ3) is 3.47. The number of hydrogen-bond acceptors (Lipinski definition) is 5. The van der Waals surface area contributed by atoms with Crippen LogP contribution >= 0.6 is 0 Å². The topological polar surface area (TPSA) is 69.7 Å². The molecule has 1 unspecified atom stereocenters.